The summed E-state index contributed by atoms with van der Waals surface area (Å²) in [5, 5.41) is 2.64. The van der Waals surface area contributed by atoms with Crippen LogP contribution in [0.5, 0.6) is 0 Å². The maximum Gasteiger partial charge on any atom is 0.254 e. The number of carbonyl (C=O) groups excluding carboxylic acids is 1. The van der Waals surface area contributed by atoms with Gasteiger partial charge in [-0.25, -0.2) is 8.78 Å². The van der Waals surface area contributed by atoms with Crippen LogP contribution in [0.1, 0.15) is 28.9 Å². The monoisotopic (exact) mass is 276 g/mol. The van der Waals surface area contributed by atoms with E-state index in [1.165, 1.54) is 24.3 Å². The number of nitrogens with one attached hydrogen (secondary N) is 1. The smallest absolute Gasteiger partial charge is 0.254 e. The molecule has 104 valence electrons. The summed E-state index contributed by atoms with van der Waals surface area (Å²) < 4.78 is 26.4. The Morgan fingerprint density at radius 2 is 1.80 bits per heavy atom. The third-order valence-electron chi connectivity index (χ3n) is 2.95. The second-order valence-electron chi connectivity index (χ2n) is 4.49. The highest BCUT2D eigenvalue weighted by molar-refractivity contribution is 5.95. The molecule has 20 heavy (non-hydrogen) atoms. The second kappa shape index (κ2) is 5.69. The van der Waals surface area contributed by atoms with Crippen LogP contribution in [0.3, 0.4) is 0 Å². The number of benzene rings is 2. The maximum absolute atomic E-state index is 13.6. The van der Waals surface area contributed by atoms with Gasteiger partial charge >= 0.3 is 0 Å². The van der Waals surface area contributed by atoms with E-state index in [9.17, 15) is 13.6 Å². The number of nitrogen functional groups attached to an aromatic ring is 1. The lowest BCUT2D eigenvalue weighted by molar-refractivity contribution is 0.0936. The fourth-order valence-corrected chi connectivity index (χ4v) is 1.83. The van der Waals surface area contributed by atoms with E-state index < -0.39 is 11.7 Å². The molecule has 2 aromatic rings. The van der Waals surface area contributed by atoms with Gasteiger partial charge in [0, 0.05) is 5.69 Å². The van der Waals surface area contributed by atoms with E-state index >= 15 is 0 Å². The summed E-state index contributed by atoms with van der Waals surface area (Å²) in [4.78, 5) is 12.0. The van der Waals surface area contributed by atoms with Crippen LogP contribution in [-0.2, 0) is 0 Å². The maximum atomic E-state index is 13.6. The van der Waals surface area contributed by atoms with Gasteiger partial charge in [0.1, 0.15) is 11.6 Å². The predicted molar refractivity (Wildman–Crippen MR) is 73.1 cm³/mol. The van der Waals surface area contributed by atoms with E-state index in [1.807, 2.05) is 0 Å². The number of carbonyl (C=O) groups is 1. The van der Waals surface area contributed by atoms with Gasteiger partial charge in [-0.05, 0) is 42.8 Å². The molecule has 3 N–H and O–H groups in total. The van der Waals surface area contributed by atoms with Crippen LogP contribution in [-0.4, -0.2) is 5.91 Å². The molecule has 5 heteroatoms. The van der Waals surface area contributed by atoms with E-state index in [2.05, 4.69) is 5.32 Å². The molecular formula is C15H14F2N2O. The van der Waals surface area contributed by atoms with E-state index in [1.54, 1.807) is 19.1 Å². The van der Waals surface area contributed by atoms with Crippen LogP contribution in [0.4, 0.5) is 14.5 Å². The lowest BCUT2D eigenvalue weighted by atomic mass is 10.1. The van der Waals surface area contributed by atoms with E-state index in [0.717, 1.165) is 11.6 Å². The van der Waals surface area contributed by atoms with Crippen molar-refractivity contribution < 1.29 is 13.6 Å². The molecule has 0 aliphatic rings. The highest BCUT2D eigenvalue weighted by atomic mass is 19.1. The van der Waals surface area contributed by atoms with Crippen molar-refractivity contribution in [1.29, 1.82) is 0 Å². The van der Waals surface area contributed by atoms with Crippen molar-refractivity contribution in [3.63, 3.8) is 0 Å². The fourth-order valence-electron chi connectivity index (χ4n) is 1.83. The zero-order chi connectivity index (χ0) is 14.7. The van der Waals surface area contributed by atoms with Crippen molar-refractivity contribution >= 4 is 11.6 Å². The molecule has 0 fully saturated rings. The third kappa shape index (κ3) is 3.12. The highest BCUT2D eigenvalue weighted by Gasteiger charge is 2.15. The summed E-state index contributed by atoms with van der Waals surface area (Å²) >= 11 is 0. The summed E-state index contributed by atoms with van der Waals surface area (Å²) in [6.45, 7) is 1.73. The molecule has 2 rings (SSSR count). The predicted octanol–water partition coefficient (Wildman–Crippen LogP) is 3.04. The van der Waals surface area contributed by atoms with Gasteiger partial charge in [-0.2, -0.15) is 0 Å². The van der Waals surface area contributed by atoms with Gasteiger partial charge in [0.25, 0.3) is 5.91 Å². The molecule has 0 heterocycles. The molecule has 0 spiro atoms. The topological polar surface area (TPSA) is 55.1 Å². The summed E-state index contributed by atoms with van der Waals surface area (Å²) in [5.74, 6) is -1.55. The van der Waals surface area contributed by atoms with Crippen molar-refractivity contribution in [3.05, 3.63) is 65.2 Å². The number of amides is 1. The van der Waals surface area contributed by atoms with Gasteiger partial charge in [0.05, 0.1) is 11.6 Å². The number of hydrogen-bond acceptors (Lipinski definition) is 2. The second-order valence-corrected chi connectivity index (χ2v) is 4.49. The van der Waals surface area contributed by atoms with Gasteiger partial charge < -0.3 is 11.1 Å². The molecular weight excluding hydrogens is 262 g/mol. The lowest BCUT2D eigenvalue weighted by Gasteiger charge is -2.15. The van der Waals surface area contributed by atoms with E-state index in [4.69, 9.17) is 5.73 Å². The summed E-state index contributed by atoms with van der Waals surface area (Å²) in [6, 6.07) is 9.18. The van der Waals surface area contributed by atoms with E-state index in [-0.39, 0.29) is 17.4 Å². The zero-order valence-corrected chi connectivity index (χ0v) is 10.9. The fraction of sp³-hybridized carbons (Fsp3) is 0.133. The van der Waals surface area contributed by atoms with Gasteiger partial charge in [-0.3, -0.25) is 4.79 Å². The first-order valence-corrected chi connectivity index (χ1v) is 6.08. The average Bonchev–Trinajstić information content (AvgIpc) is 2.42. The van der Waals surface area contributed by atoms with E-state index in [0.29, 0.717) is 5.69 Å². The molecule has 0 aliphatic heterocycles. The largest absolute Gasteiger partial charge is 0.399 e. The van der Waals surface area contributed by atoms with Crippen molar-refractivity contribution in [1.82, 2.24) is 5.32 Å². The first-order chi connectivity index (χ1) is 9.47. The molecule has 0 aromatic heterocycles. The van der Waals surface area contributed by atoms with Crippen LogP contribution in [0.2, 0.25) is 0 Å². The summed E-state index contributed by atoms with van der Waals surface area (Å²) in [7, 11) is 0. The minimum absolute atomic E-state index is 0.112. The van der Waals surface area contributed by atoms with Gasteiger partial charge in [0.15, 0.2) is 0 Å². The Balaban J connectivity index is 2.15. The Kier molecular flexibility index (Phi) is 3.98. The average molecular weight is 276 g/mol. The summed E-state index contributed by atoms with van der Waals surface area (Å²) in [6.07, 6.45) is 0. The molecule has 2 aromatic carbocycles. The van der Waals surface area contributed by atoms with Crippen LogP contribution in [0.15, 0.2) is 42.5 Å². The Labute approximate surface area is 115 Å². The number of anilines is 1. The number of halogens is 2. The number of hydrogen-bond donors (Lipinski definition) is 2. The van der Waals surface area contributed by atoms with Crippen LogP contribution in [0.25, 0.3) is 0 Å². The molecule has 0 bridgehead atoms. The Bertz CT molecular complexity index is 626. The molecule has 3 nitrogen and oxygen atoms in total. The van der Waals surface area contributed by atoms with Crippen molar-refractivity contribution in [2.24, 2.45) is 0 Å². The molecule has 1 unspecified atom stereocenters. The quantitative estimate of drug-likeness (QED) is 0.847. The Morgan fingerprint density at radius 1 is 1.15 bits per heavy atom. The minimum Gasteiger partial charge on any atom is -0.399 e. The van der Waals surface area contributed by atoms with Gasteiger partial charge in [-0.1, -0.05) is 12.1 Å². The van der Waals surface area contributed by atoms with Crippen LogP contribution >= 0.6 is 0 Å². The Hall–Kier alpha value is -2.43. The molecule has 0 aliphatic carbocycles. The van der Waals surface area contributed by atoms with Gasteiger partial charge in [0.2, 0.25) is 0 Å². The minimum atomic E-state index is -0.636. The lowest BCUT2D eigenvalue weighted by Crippen LogP contribution is -2.27. The SMILES string of the molecule is CC(NC(=O)c1cc(N)ccc1F)c1ccc(F)cc1. The number of rotatable bonds is 3. The normalized spacial score (nSPS) is 11.9. The molecule has 0 radical (unpaired) electrons. The van der Waals surface area contributed by atoms with Crippen molar-refractivity contribution in [2.45, 2.75) is 13.0 Å². The van der Waals surface area contributed by atoms with Crippen molar-refractivity contribution in [3.8, 4) is 0 Å². The first-order valence-electron chi connectivity index (χ1n) is 6.08. The molecule has 0 saturated carbocycles. The Morgan fingerprint density at radius 3 is 2.45 bits per heavy atom. The molecule has 1 atom stereocenters. The van der Waals surface area contributed by atoms with Crippen molar-refractivity contribution in [2.75, 3.05) is 5.73 Å². The highest BCUT2D eigenvalue weighted by Crippen LogP contribution is 2.16. The zero-order valence-electron chi connectivity index (χ0n) is 10.9. The third-order valence-corrected chi connectivity index (χ3v) is 2.95. The van der Waals surface area contributed by atoms with Crippen LogP contribution < -0.4 is 11.1 Å². The van der Waals surface area contributed by atoms with Crippen LogP contribution in [0, 0.1) is 11.6 Å². The molecule has 0 saturated heterocycles. The summed E-state index contributed by atoms with van der Waals surface area (Å²) in [5.41, 5.74) is 6.46. The van der Waals surface area contributed by atoms with Gasteiger partial charge in [-0.15, -0.1) is 0 Å². The standard InChI is InChI=1S/C15H14F2N2O/c1-9(10-2-4-11(16)5-3-10)19-15(20)13-8-12(18)6-7-14(13)17/h2-9H,18H2,1H3,(H,19,20). The number of nitrogens with two attached hydrogens (primary N) is 1. The first kappa shape index (κ1) is 14.0. The molecule has 1 amide bonds.